The molecule has 1 aromatic carbocycles. The van der Waals surface area contributed by atoms with E-state index in [0.29, 0.717) is 6.42 Å². The molecule has 136 valence electrons. The number of aromatic nitrogens is 2. The van der Waals surface area contributed by atoms with E-state index < -0.39 is 22.0 Å². The molecule has 0 fully saturated rings. The van der Waals surface area contributed by atoms with Crippen LogP contribution in [0.4, 0.5) is 0 Å². The molecule has 2 N–H and O–H groups in total. The van der Waals surface area contributed by atoms with Gasteiger partial charge in [-0.15, -0.1) is 0 Å². The minimum atomic E-state index is -3.77. The minimum Gasteiger partial charge on any atom is -0.481 e. The molecule has 8 heteroatoms. The molecule has 0 aliphatic heterocycles. The molecule has 0 saturated carbocycles. The summed E-state index contributed by atoms with van der Waals surface area (Å²) in [6.07, 6.45) is 3.31. The highest BCUT2D eigenvalue weighted by atomic mass is 32.2. The minimum absolute atomic E-state index is 0.0519. The lowest BCUT2D eigenvalue weighted by Crippen LogP contribution is -2.36. The zero-order valence-electron chi connectivity index (χ0n) is 14.3. The van der Waals surface area contributed by atoms with Crippen molar-refractivity contribution >= 4 is 16.0 Å². The second-order valence-corrected chi connectivity index (χ2v) is 7.90. The lowest BCUT2D eigenvalue weighted by atomic mass is 10.0. The van der Waals surface area contributed by atoms with E-state index >= 15 is 0 Å². The second kappa shape index (κ2) is 8.26. The molecule has 2 rings (SSSR count). The second-order valence-electron chi connectivity index (χ2n) is 6.19. The van der Waals surface area contributed by atoms with Gasteiger partial charge in [0, 0.05) is 24.7 Å². The van der Waals surface area contributed by atoms with Gasteiger partial charge >= 0.3 is 5.97 Å². The Bertz CT molecular complexity index is 800. The Hall–Kier alpha value is -2.19. The maximum absolute atomic E-state index is 12.6. The topological polar surface area (TPSA) is 101 Å². The smallest absolute Gasteiger partial charge is 0.303 e. The van der Waals surface area contributed by atoms with Crippen molar-refractivity contribution in [2.45, 2.75) is 50.1 Å². The Labute approximate surface area is 147 Å². The first-order valence-electron chi connectivity index (χ1n) is 8.10. The zero-order valence-corrected chi connectivity index (χ0v) is 15.1. The van der Waals surface area contributed by atoms with Crippen LogP contribution in [-0.4, -0.2) is 35.3 Å². The summed E-state index contributed by atoms with van der Waals surface area (Å²) in [5, 5.41) is 13.0. The van der Waals surface area contributed by atoms with Crippen LogP contribution in [0, 0.1) is 0 Å². The number of carboxylic acids is 1. The molecule has 0 amide bonds. The molecule has 0 saturated heterocycles. The molecule has 25 heavy (non-hydrogen) atoms. The van der Waals surface area contributed by atoms with Crippen molar-refractivity contribution in [2.75, 3.05) is 0 Å². The number of benzene rings is 1. The Morgan fingerprint density at radius 3 is 2.52 bits per heavy atom. The molecule has 0 aliphatic rings. The highest BCUT2D eigenvalue weighted by Gasteiger charge is 2.23. The number of carboxylic acid groups (broad SMARTS) is 1. The Kier molecular flexibility index (Phi) is 6.33. The first kappa shape index (κ1) is 19.1. The van der Waals surface area contributed by atoms with Crippen LogP contribution in [0.5, 0.6) is 0 Å². The summed E-state index contributed by atoms with van der Waals surface area (Å²) in [5.74, 6) is -0.954. The molecule has 1 unspecified atom stereocenters. The van der Waals surface area contributed by atoms with E-state index in [1.54, 1.807) is 4.68 Å². The van der Waals surface area contributed by atoms with Crippen LogP contribution in [0.15, 0.2) is 47.6 Å². The summed E-state index contributed by atoms with van der Waals surface area (Å²) in [4.78, 5) is 11.0. The largest absolute Gasteiger partial charge is 0.481 e. The van der Waals surface area contributed by atoms with Crippen LogP contribution in [0.3, 0.4) is 0 Å². The fourth-order valence-electron chi connectivity index (χ4n) is 2.43. The SMILES string of the molecule is CC(C)n1cc(S(=O)(=O)NC(CCC(=O)O)Cc2ccccc2)cn1. The van der Waals surface area contributed by atoms with Gasteiger partial charge in [0.1, 0.15) is 4.90 Å². The van der Waals surface area contributed by atoms with Crippen LogP contribution in [0.1, 0.15) is 38.3 Å². The van der Waals surface area contributed by atoms with Crippen molar-refractivity contribution in [3.63, 3.8) is 0 Å². The van der Waals surface area contributed by atoms with Gasteiger partial charge in [0.15, 0.2) is 0 Å². The van der Waals surface area contributed by atoms with Crippen LogP contribution in [0.25, 0.3) is 0 Å². The van der Waals surface area contributed by atoms with Crippen molar-refractivity contribution in [1.29, 1.82) is 0 Å². The van der Waals surface area contributed by atoms with E-state index in [4.69, 9.17) is 5.11 Å². The number of nitrogens with zero attached hydrogens (tertiary/aromatic N) is 2. The van der Waals surface area contributed by atoms with Crippen molar-refractivity contribution in [3.05, 3.63) is 48.3 Å². The molecule has 1 heterocycles. The summed E-state index contributed by atoms with van der Waals surface area (Å²) in [7, 11) is -3.77. The summed E-state index contributed by atoms with van der Waals surface area (Å²) in [5.41, 5.74) is 0.943. The zero-order chi connectivity index (χ0) is 18.4. The summed E-state index contributed by atoms with van der Waals surface area (Å²) >= 11 is 0. The molecule has 2 aromatic rings. The van der Waals surface area contributed by atoms with E-state index in [1.807, 2.05) is 44.2 Å². The van der Waals surface area contributed by atoms with Gasteiger partial charge in [-0.05, 0) is 32.3 Å². The van der Waals surface area contributed by atoms with Gasteiger partial charge in [0.25, 0.3) is 0 Å². The maximum Gasteiger partial charge on any atom is 0.303 e. The summed E-state index contributed by atoms with van der Waals surface area (Å²) < 4.78 is 29.4. The molecule has 0 radical (unpaired) electrons. The molecule has 0 aliphatic carbocycles. The van der Waals surface area contributed by atoms with E-state index in [0.717, 1.165) is 5.56 Å². The normalized spacial score (nSPS) is 13.1. The Morgan fingerprint density at radius 2 is 1.96 bits per heavy atom. The van der Waals surface area contributed by atoms with Gasteiger partial charge in [-0.25, -0.2) is 13.1 Å². The van der Waals surface area contributed by atoms with Crippen LogP contribution < -0.4 is 4.72 Å². The van der Waals surface area contributed by atoms with Gasteiger partial charge in [-0.2, -0.15) is 5.10 Å². The quantitative estimate of drug-likeness (QED) is 0.709. The number of aliphatic carboxylic acids is 1. The third-order valence-corrected chi connectivity index (χ3v) is 5.25. The molecular weight excluding hydrogens is 342 g/mol. The van der Waals surface area contributed by atoms with E-state index in [2.05, 4.69) is 9.82 Å². The van der Waals surface area contributed by atoms with Gasteiger partial charge in [-0.3, -0.25) is 9.48 Å². The lowest BCUT2D eigenvalue weighted by Gasteiger charge is -2.17. The molecule has 1 atom stereocenters. The van der Waals surface area contributed by atoms with Crippen LogP contribution in [-0.2, 0) is 21.2 Å². The molecular formula is C17H23N3O4S. The summed E-state index contributed by atoms with van der Waals surface area (Å²) in [6.45, 7) is 3.81. The third kappa shape index (κ3) is 5.68. The van der Waals surface area contributed by atoms with Crippen molar-refractivity contribution in [1.82, 2.24) is 14.5 Å². The van der Waals surface area contributed by atoms with Gasteiger partial charge < -0.3 is 5.11 Å². The highest BCUT2D eigenvalue weighted by molar-refractivity contribution is 7.89. The number of hydrogen-bond acceptors (Lipinski definition) is 4. The van der Waals surface area contributed by atoms with Crippen molar-refractivity contribution in [3.8, 4) is 0 Å². The fraction of sp³-hybridized carbons (Fsp3) is 0.412. The van der Waals surface area contributed by atoms with Gasteiger partial charge in [-0.1, -0.05) is 30.3 Å². The standard InChI is InChI=1S/C17H23N3O4S/c1-13(2)20-12-16(11-18-20)25(23,24)19-15(8-9-17(21)22)10-14-6-4-3-5-7-14/h3-7,11-13,15,19H,8-10H2,1-2H3,(H,21,22). The van der Waals surface area contributed by atoms with E-state index in [9.17, 15) is 13.2 Å². The Balaban J connectivity index is 2.16. The van der Waals surface area contributed by atoms with Crippen LogP contribution in [0.2, 0.25) is 0 Å². The summed E-state index contributed by atoms with van der Waals surface area (Å²) in [6, 6.07) is 8.93. The predicted octanol–water partition coefficient (Wildman–Crippen LogP) is 2.22. The van der Waals surface area contributed by atoms with Gasteiger partial charge in [0.2, 0.25) is 10.0 Å². The van der Waals surface area contributed by atoms with E-state index in [1.165, 1.54) is 12.4 Å². The van der Waals surface area contributed by atoms with Crippen molar-refractivity contribution in [2.24, 2.45) is 0 Å². The highest BCUT2D eigenvalue weighted by Crippen LogP contribution is 2.15. The lowest BCUT2D eigenvalue weighted by molar-refractivity contribution is -0.137. The number of rotatable bonds is 9. The first-order chi connectivity index (χ1) is 11.8. The Morgan fingerprint density at radius 1 is 1.28 bits per heavy atom. The number of carbonyl (C=O) groups is 1. The maximum atomic E-state index is 12.6. The predicted molar refractivity (Wildman–Crippen MR) is 93.7 cm³/mol. The van der Waals surface area contributed by atoms with E-state index in [-0.39, 0.29) is 23.8 Å². The number of sulfonamides is 1. The first-order valence-corrected chi connectivity index (χ1v) is 9.58. The molecule has 0 spiro atoms. The van der Waals surface area contributed by atoms with Gasteiger partial charge in [0.05, 0.1) is 6.20 Å². The number of nitrogens with one attached hydrogen (secondary N) is 1. The number of hydrogen-bond donors (Lipinski definition) is 2. The molecule has 1 aromatic heterocycles. The fourth-order valence-corrected chi connectivity index (χ4v) is 3.64. The monoisotopic (exact) mass is 365 g/mol. The van der Waals surface area contributed by atoms with Crippen molar-refractivity contribution < 1.29 is 18.3 Å². The van der Waals surface area contributed by atoms with Crippen LogP contribution >= 0.6 is 0 Å². The molecule has 0 bridgehead atoms. The molecule has 7 nitrogen and oxygen atoms in total. The average molecular weight is 365 g/mol. The third-order valence-electron chi connectivity index (χ3n) is 3.77. The average Bonchev–Trinajstić information content (AvgIpc) is 3.04.